The van der Waals surface area contributed by atoms with Crippen LogP contribution in [-0.4, -0.2) is 25.2 Å². The van der Waals surface area contributed by atoms with Gasteiger partial charge in [-0.1, -0.05) is 119 Å². The molecule has 0 radical (unpaired) electrons. The predicted molar refractivity (Wildman–Crippen MR) is 162 cm³/mol. The Hall–Kier alpha value is -1.06. The first kappa shape index (κ1) is 36.9. The molecule has 0 N–H and O–H groups in total. The van der Waals surface area contributed by atoms with Crippen LogP contribution in [0.5, 0.6) is 0 Å². The summed E-state index contributed by atoms with van der Waals surface area (Å²) >= 11 is 0. The number of hydrogen-bond acceptors (Lipinski definition) is 4. The van der Waals surface area contributed by atoms with E-state index in [1.807, 2.05) is 0 Å². The molecule has 0 bridgehead atoms. The van der Waals surface area contributed by atoms with Crippen LogP contribution in [0.15, 0.2) is 0 Å². The molecule has 38 heavy (non-hydrogen) atoms. The highest BCUT2D eigenvalue weighted by molar-refractivity contribution is 5.69. The van der Waals surface area contributed by atoms with Gasteiger partial charge in [-0.2, -0.15) is 0 Å². The zero-order valence-corrected chi connectivity index (χ0v) is 26.5. The lowest BCUT2D eigenvalue weighted by molar-refractivity contribution is -0.145. The van der Waals surface area contributed by atoms with Crippen LogP contribution < -0.4 is 0 Å². The number of hydrogen-bond donors (Lipinski definition) is 0. The molecule has 0 aromatic rings. The highest BCUT2D eigenvalue weighted by Crippen LogP contribution is 2.24. The number of esters is 2. The second-order valence-electron chi connectivity index (χ2n) is 12.9. The summed E-state index contributed by atoms with van der Waals surface area (Å²) in [6.45, 7) is 14.6. The largest absolute Gasteiger partial charge is 0.466 e. The topological polar surface area (TPSA) is 52.6 Å². The molecule has 0 fully saturated rings. The second-order valence-corrected chi connectivity index (χ2v) is 12.9. The van der Waals surface area contributed by atoms with Gasteiger partial charge >= 0.3 is 11.9 Å². The van der Waals surface area contributed by atoms with Crippen LogP contribution in [0, 0.1) is 23.7 Å². The van der Waals surface area contributed by atoms with Crippen LogP contribution in [0.4, 0.5) is 0 Å². The number of unbranched alkanes of at least 4 members (excludes halogenated alkanes) is 12. The zero-order chi connectivity index (χ0) is 28.4. The Kier molecular flexibility index (Phi) is 25.4. The molecule has 0 aliphatic carbocycles. The molecule has 0 heterocycles. The summed E-state index contributed by atoms with van der Waals surface area (Å²) in [6, 6.07) is 0. The maximum absolute atomic E-state index is 12.2. The normalized spacial score (nSPS) is 12.4. The van der Waals surface area contributed by atoms with Crippen molar-refractivity contribution in [3.63, 3.8) is 0 Å². The Balaban J connectivity index is 3.54. The number of rotatable bonds is 27. The average Bonchev–Trinajstić information content (AvgIpc) is 2.85. The van der Waals surface area contributed by atoms with E-state index in [0.29, 0.717) is 37.9 Å². The maximum Gasteiger partial charge on any atom is 0.306 e. The molecule has 1 atom stereocenters. The van der Waals surface area contributed by atoms with Crippen molar-refractivity contribution in [2.24, 2.45) is 23.7 Å². The predicted octanol–water partition coefficient (Wildman–Crippen LogP) is 10.5. The van der Waals surface area contributed by atoms with Gasteiger partial charge in [0.25, 0.3) is 0 Å². The Bertz CT molecular complexity index is 541. The SMILES string of the molecule is CC(C)CCCCOC(=O)CCCCCCCCCCCCCC(CC(=O)OCCCCC(C)C)C(C)C. The van der Waals surface area contributed by atoms with Crippen LogP contribution in [0.1, 0.15) is 170 Å². The molecular formula is C34H66O4. The summed E-state index contributed by atoms with van der Waals surface area (Å²) in [7, 11) is 0. The minimum Gasteiger partial charge on any atom is -0.466 e. The van der Waals surface area contributed by atoms with Gasteiger partial charge in [-0.05, 0) is 62.2 Å². The van der Waals surface area contributed by atoms with Gasteiger partial charge in [0, 0.05) is 12.8 Å². The fourth-order valence-corrected chi connectivity index (χ4v) is 4.96. The third-order valence-corrected chi connectivity index (χ3v) is 7.71. The monoisotopic (exact) mass is 538 g/mol. The van der Waals surface area contributed by atoms with Crippen LogP contribution in [0.2, 0.25) is 0 Å². The highest BCUT2D eigenvalue weighted by atomic mass is 16.5. The average molecular weight is 539 g/mol. The van der Waals surface area contributed by atoms with E-state index < -0.39 is 0 Å². The van der Waals surface area contributed by atoms with E-state index in [2.05, 4.69) is 41.5 Å². The minimum absolute atomic E-state index is 0.000648. The van der Waals surface area contributed by atoms with Gasteiger partial charge in [0.1, 0.15) is 0 Å². The number of carbonyl (C=O) groups excluding carboxylic acids is 2. The van der Waals surface area contributed by atoms with Crippen LogP contribution in [0.25, 0.3) is 0 Å². The van der Waals surface area contributed by atoms with E-state index in [4.69, 9.17) is 9.47 Å². The van der Waals surface area contributed by atoms with Crippen LogP contribution in [-0.2, 0) is 19.1 Å². The van der Waals surface area contributed by atoms with Crippen molar-refractivity contribution >= 4 is 11.9 Å². The Morgan fingerprint density at radius 3 is 1.32 bits per heavy atom. The first-order valence-electron chi connectivity index (χ1n) is 16.5. The molecule has 0 amide bonds. The van der Waals surface area contributed by atoms with Gasteiger partial charge in [-0.15, -0.1) is 0 Å². The van der Waals surface area contributed by atoms with Crippen LogP contribution >= 0.6 is 0 Å². The summed E-state index contributed by atoms with van der Waals surface area (Å²) in [5.74, 6) is 2.44. The van der Waals surface area contributed by atoms with Gasteiger partial charge in [0.05, 0.1) is 13.2 Å². The molecule has 1 unspecified atom stereocenters. The fourth-order valence-electron chi connectivity index (χ4n) is 4.96. The van der Waals surface area contributed by atoms with Crippen molar-refractivity contribution in [1.29, 1.82) is 0 Å². The quantitative estimate of drug-likeness (QED) is 0.0771. The molecule has 0 aromatic heterocycles. The Labute approximate surface area is 237 Å². The van der Waals surface area contributed by atoms with Crippen molar-refractivity contribution < 1.29 is 19.1 Å². The molecule has 4 nitrogen and oxygen atoms in total. The van der Waals surface area contributed by atoms with Gasteiger partial charge in [0.2, 0.25) is 0 Å². The molecule has 0 saturated heterocycles. The molecule has 0 spiro atoms. The number of carbonyl (C=O) groups is 2. The van der Waals surface area contributed by atoms with Gasteiger partial charge < -0.3 is 9.47 Å². The maximum atomic E-state index is 12.2. The molecule has 226 valence electrons. The van der Waals surface area contributed by atoms with Gasteiger partial charge in [-0.25, -0.2) is 0 Å². The molecule has 0 aromatic carbocycles. The van der Waals surface area contributed by atoms with E-state index >= 15 is 0 Å². The van der Waals surface area contributed by atoms with E-state index in [0.717, 1.165) is 56.8 Å². The summed E-state index contributed by atoms with van der Waals surface area (Å²) < 4.78 is 10.8. The third kappa shape index (κ3) is 26.5. The fraction of sp³-hybridized carbons (Fsp3) is 0.941. The third-order valence-electron chi connectivity index (χ3n) is 7.71. The Morgan fingerprint density at radius 1 is 0.474 bits per heavy atom. The summed E-state index contributed by atoms with van der Waals surface area (Å²) in [5, 5.41) is 0. The molecular weight excluding hydrogens is 472 g/mol. The van der Waals surface area contributed by atoms with E-state index in [1.54, 1.807) is 0 Å². The summed E-state index contributed by atoms with van der Waals surface area (Å²) in [5.41, 5.74) is 0. The smallest absolute Gasteiger partial charge is 0.306 e. The number of ether oxygens (including phenoxy) is 2. The lowest BCUT2D eigenvalue weighted by atomic mass is 9.87. The zero-order valence-electron chi connectivity index (χ0n) is 26.5. The van der Waals surface area contributed by atoms with Crippen LogP contribution in [0.3, 0.4) is 0 Å². The molecule has 0 saturated carbocycles. The summed E-state index contributed by atoms with van der Waals surface area (Å²) in [6.07, 6.45) is 22.8. The van der Waals surface area contributed by atoms with E-state index in [-0.39, 0.29) is 11.9 Å². The van der Waals surface area contributed by atoms with Crippen molar-refractivity contribution in [1.82, 2.24) is 0 Å². The van der Waals surface area contributed by atoms with E-state index in [9.17, 15) is 9.59 Å². The van der Waals surface area contributed by atoms with Crippen molar-refractivity contribution in [3.05, 3.63) is 0 Å². The minimum atomic E-state index is -0.0123. The molecule has 0 aliphatic heterocycles. The standard InChI is InChI=1S/C34H66O4/c1-29(2)22-18-20-26-37-33(35)25-17-15-13-11-9-7-8-10-12-14-16-24-32(31(5)6)28-34(36)38-27-21-19-23-30(3)4/h29-32H,7-28H2,1-6H3. The Morgan fingerprint density at radius 2 is 0.868 bits per heavy atom. The lowest BCUT2D eigenvalue weighted by Crippen LogP contribution is -2.17. The molecule has 0 aliphatic rings. The highest BCUT2D eigenvalue weighted by Gasteiger charge is 2.18. The first-order valence-corrected chi connectivity index (χ1v) is 16.5. The molecule has 0 rings (SSSR count). The first-order chi connectivity index (χ1) is 18.2. The van der Waals surface area contributed by atoms with Crippen molar-refractivity contribution in [2.75, 3.05) is 13.2 Å². The van der Waals surface area contributed by atoms with E-state index in [1.165, 1.54) is 70.6 Å². The van der Waals surface area contributed by atoms with Crippen molar-refractivity contribution in [2.45, 2.75) is 170 Å². The summed E-state index contributed by atoms with van der Waals surface area (Å²) in [4.78, 5) is 24.0. The lowest BCUT2D eigenvalue weighted by Gasteiger charge is -2.20. The second kappa shape index (κ2) is 26.2. The van der Waals surface area contributed by atoms with Gasteiger partial charge in [-0.3, -0.25) is 9.59 Å². The molecule has 4 heteroatoms. The van der Waals surface area contributed by atoms with Crippen molar-refractivity contribution in [3.8, 4) is 0 Å². The van der Waals surface area contributed by atoms with Gasteiger partial charge in [0.15, 0.2) is 0 Å².